The van der Waals surface area contributed by atoms with Crippen molar-refractivity contribution in [2.24, 2.45) is 0 Å². The number of rotatable bonds is 3. The molecule has 2 N–H and O–H groups in total. The van der Waals surface area contributed by atoms with Gasteiger partial charge in [-0.3, -0.25) is 4.79 Å². The third-order valence-electron chi connectivity index (χ3n) is 2.51. The van der Waals surface area contributed by atoms with Gasteiger partial charge in [-0.2, -0.15) is 0 Å². The third-order valence-corrected chi connectivity index (χ3v) is 2.86. The summed E-state index contributed by atoms with van der Waals surface area (Å²) in [6.07, 6.45) is 3.22. The number of benzene rings is 2. The van der Waals surface area contributed by atoms with E-state index in [4.69, 9.17) is 17.3 Å². The van der Waals surface area contributed by atoms with Crippen LogP contribution in [0.4, 0.5) is 5.69 Å². The van der Waals surface area contributed by atoms with Crippen LogP contribution in [0.25, 0.3) is 6.08 Å². The maximum absolute atomic E-state index is 11.9. The smallest absolute Gasteiger partial charge is 0.185 e. The van der Waals surface area contributed by atoms with Gasteiger partial charge < -0.3 is 5.73 Å². The minimum absolute atomic E-state index is 0.0741. The van der Waals surface area contributed by atoms with Crippen molar-refractivity contribution in [1.29, 1.82) is 0 Å². The van der Waals surface area contributed by atoms with Gasteiger partial charge in [-0.05, 0) is 48.0 Å². The minimum atomic E-state index is -0.0741. The molecule has 0 atom stereocenters. The van der Waals surface area contributed by atoms with Crippen molar-refractivity contribution in [3.8, 4) is 0 Å². The highest BCUT2D eigenvalue weighted by Gasteiger charge is 2.01. The maximum Gasteiger partial charge on any atom is 0.185 e. The van der Waals surface area contributed by atoms with Crippen LogP contribution < -0.4 is 5.73 Å². The molecule has 0 aliphatic rings. The molecule has 18 heavy (non-hydrogen) atoms. The molecule has 0 heterocycles. The molecule has 2 aromatic carbocycles. The lowest BCUT2D eigenvalue weighted by Gasteiger charge is -1.98. The fourth-order valence-corrected chi connectivity index (χ4v) is 1.72. The summed E-state index contributed by atoms with van der Waals surface area (Å²) in [5, 5.41) is 0.624. The fraction of sp³-hybridized carbons (Fsp3) is 0. The number of hydrogen-bond donors (Lipinski definition) is 1. The molecule has 0 amide bonds. The Morgan fingerprint density at radius 2 is 1.72 bits per heavy atom. The quantitative estimate of drug-likeness (QED) is 0.516. The van der Waals surface area contributed by atoms with E-state index in [0.717, 1.165) is 5.56 Å². The lowest BCUT2D eigenvalue weighted by molar-refractivity contribution is 0.104. The molecule has 0 aromatic heterocycles. The molecule has 0 fully saturated rings. The Labute approximate surface area is 111 Å². The molecule has 0 aliphatic carbocycles. The molecule has 2 rings (SSSR count). The Bertz CT molecular complexity index is 588. The van der Waals surface area contributed by atoms with Gasteiger partial charge in [0.15, 0.2) is 5.78 Å². The highest BCUT2D eigenvalue weighted by molar-refractivity contribution is 6.32. The number of hydrogen-bond acceptors (Lipinski definition) is 2. The summed E-state index contributed by atoms with van der Waals surface area (Å²) in [6.45, 7) is 0. The van der Waals surface area contributed by atoms with Crippen molar-refractivity contribution >= 4 is 29.1 Å². The molecule has 0 aliphatic heterocycles. The monoisotopic (exact) mass is 257 g/mol. The zero-order chi connectivity index (χ0) is 13.0. The van der Waals surface area contributed by atoms with E-state index >= 15 is 0 Å². The first kappa shape index (κ1) is 12.4. The van der Waals surface area contributed by atoms with E-state index in [0.29, 0.717) is 16.3 Å². The van der Waals surface area contributed by atoms with Gasteiger partial charge in [0.1, 0.15) is 0 Å². The van der Waals surface area contributed by atoms with E-state index in [1.807, 2.05) is 18.2 Å². The molecule has 90 valence electrons. The van der Waals surface area contributed by atoms with E-state index in [-0.39, 0.29) is 5.78 Å². The summed E-state index contributed by atoms with van der Waals surface area (Å²) in [6, 6.07) is 14.2. The first-order valence-corrected chi connectivity index (χ1v) is 5.87. The van der Waals surface area contributed by atoms with Crippen molar-refractivity contribution in [2.45, 2.75) is 0 Å². The van der Waals surface area contributed by atoms with Crippen molar-refractivity contribution in [2.75, 3.05) is 5.73 Å². The average molecular weight is 258 g/mol. The standard InChI is InChI=1S/C15H12ClNO/c16-14-4-2-1-3-11(14)7-10-15(18)12-5-8-13(17)9-6-12/h1-10H,17H2/b10-7+. The average Bonchev–Trinajstić information content (AvgIpc) is 2.38. The van der Waals surface area contributed by atoms with Crippen LogP contribution in [-0.2, 0) is 0 Å². The summed E-state index contributed by atoms with van der Waals surface area (Å²) < 4.78 is 0. The van der Waals surface area contributed by atoms with Crippen LogP contribution >= 0.6 is 11.6 Å². The van der Waals surface area contributed by atoms with Crippen LogP contribution in [0.2, 0.25) is 5.02 Å². The normalized spacial score (nSPS) is 10.7. The Kier molecular flexibility index (Phi) is 3.80. The number of allylic oxidation sites excluding steroid dienone is 1. The lowest BCUT2D eigenvalue weighted by Crippen LogP contribution is -1.94. The van der Waals surface area contributed by atoms with Crippen molar-refractivity contribution < 1.29 is 4.79 Å². The van der Waals surface area contributed by atoms with Gasteiger partial charge in [-0.15, -0.1) is 0 Å². The topological polar surface area (TPSA) is 43.1 Å². The van der Waals surface area contributed by atoms with Gasteiger partial charge in [0.2, 0.25) is 0 Å². The second-order valence-corrected chi connectivity index (χ2v) is 4.25. The van der Waals surface area contributed by atoms with Crippen LogP contribution in [0.5, 0.6) is 0 Å². The molecule has 0 saturated carbocycles. The lowest BCUT2D eigenvalue weighted by atomic mass is 10.1. The second-order valence-electron chi connectivity index (χ2n) is 3.84. The van der Waals surface area contributed by atoms with Gasteiger partial charge in [0.25, 0.3) is 0 Å². The highest BCUT2D eigenvalue weighted by atomic mass is 35.5. The first-order valence-electron chi connectivity index (χ1n) is 5.49. The molecular formula is C15H12ClNO. The Hall–Kier alpha value is -2.06. The number of ketones is 1. The molecule has 0 bridgehead atoms. The zero-order valence-electron chi connectivity index (χ0n) is 9.64. The van der Waals surface area contributed by atoms with Crippen molar-refractivity contribution in [3.63, 3.8) is 0 Å². The van der Waals surface area contributed by atoms with Crippen molar-refractivity contribution in [1.82, 2.24) is 0 Å². The molecule has 2 aromatic rings. The second kappa shape index (κ2) is 5.52. The largest absolute Gasteiger partial charge is 0.399 e. The highest BCUT2D eigenvalue weighted by Crippen LogP contribution is 2.16. The van der Waals surface area contributed by atoms with Crippen LogP contribution in [0.1, 0.15) is 15.9 Å². The SMILES string of the molecule is Nc1ccc(C(=O)/C=C/c2ccccc2Cl)cc1. The Balaban J connectivity index is 2.17. The predicted octanol–water partition coefficient (Wildman–Crippen LogP) is 3.82. The van der Waals surface area contributed by atoms with E-state index in [2.05, 4.69) is 0 Å². The Morgan fingerprint density at radius 3 is 2.39 bits per heavy atom. The Morgan fingerprint density at radius 1 is 1.06 bits per heavy atom. The van der Waals surface area contributed by atoms with Gasteiger partial charge in [0, 0.05) is 16.3 Å². The third kappa shape index (κ3) is 2.99. The van der Waals surface area contributed by atoms with Crippen LogP contribution in [-0.4, -0.2) is 5.78 Å². The molecule has 0 spiro atoms. The summed E-state index contributed by atoms with van der Waals surface area (Å²) in [5.74, 6) is -0.0741. The minimum Gasteiger partial charge on any atom is -0.399 e. The molecule has 2 nitrogen and oxygen atoms in total. The van der Waals surface area contributed by atoms with Crippen LogP contribution in [0.15, 0.2) is 54.6 Å². The van der Waals surface area contributed by atoms with E-state index < -0.39 is 0 Å². The number of anilines is 1. The maximum atomic E-state index is 11.9. The van der Waals surface area contributed by atoms with Crippen molar-refractivity contribution in [3.05, 3.63) is 70.8 Å². The van der Waals surface area contributed by atoms with Gasteiger partial charge in [0.05, 0.1) is 0 Å². The van der Waals surface area contributed by atoms with Gasteiger partial charge in [-0.25, -0.2) is 0 Å². The van der Waals surface area contributed by atoms with E-state index in [1.165, 1.54) is 6.08 Å². The molecule has 0 saturated heterocycles. The summed E-state index contributed by atoms with van der Waals surface area (Å²) in [4.78, 5) is 11.9. The number of nitrogens with two attached hydrogens (primary N) is 1. The molecule has 0 radical (unpaired) electrons. The van der Waals surface area contributed by atoms with Gasteiger partial charge in [-0.1, -0.05) is 29.8 Å². The van der Waals surface area contributed by atoms with E-state index in [9.17, 15) is 4.79 Å². The van der Waals surface area contributed by atoms with E-state index in [1.54, 1.807) is 36.4 Å². The number of halogens is 1. The fourth-order valence-electron chi connectivity index (χ4n) is 1.52. The first-order chi connectivity index (χ1) is 8.66. The number of carbonyl (C=O) groups excluding carboxylic acids is 1. The van der Waals surface area contributed by atoms with Gasteiger partial charge >= 0.3 is 0 Å². The summed E-state index contributed by atoms with van der Waals surface area (Å²) in [7, 11) is 0. The zero-order valence-corrected chi connectivity index (χ0v) is 10.4. The molecular weight excluding hydrogens is 246 g/mol. The molecule has 3 heteroatoms. The molecule has 0 unspecified atom stereocenters. The predicted molar refractivity (Wildman–Crippen MR) is 75.7 cm³/mol. The number of carbonyl (C=O) groups is 1. The summed E-state index contributed by atoms with van der Waals surface area (Å²) >= 11 is 6.00. The van der Waals surface area contributed by atoms with Crippen LogP contribution in [0, 0.1) is 0 Å². The summed E-state index contributed by atoms with van der Waals surface area (Å²) in [5.41, 5.74) is 7.63. The number of nitrogen functional groups attached to an aromatic ring is 1. The van der Waals surface area contributed by atoms with Crippen LogP contribution in [0.3, 0.4) is 0 Å².